The first-order valence-electron chi connectivity index (χ1n) is 8.51. The molecule has 1 atom stereocenters. The molecular weight excluding hydrogens is 304 g/mol. The van der Waals surface area contributed by atoms with Gasteiger partial charge in [0.1, 0.15) is 0 Å². The minimum Gasteiger partial charge on any atom is -0.338 e. The molecule has 24 heavy (non-hydrogen) atoms. The van der Waals surface area contributed by atoms with Crippen LogP contribution in [0.1, 0.15) is 49.7 Å². The molecule has 1 unspecified atom stereocenters. The monoisotopic (exact) mass is 332 g/mol. The van der Waals surface area contributed by atoms with Crippen molar-refractivity contribution in [1.82, 2.24) is 20.5 Å². The van der Waals surface area contributed by atoms with Crippen LogP contribution >= 0.6 is 0 Å². The summed E-state index contributed by atoms with van der Waals surface area (Å²) in [6.07, 6.45) is 3.31. The Labute approximate surface area is 144 Å². The van der Waals surface area contributed by atoms with E-state index in [1.807, 2.05) is 13.0 Å². The summed E-state index contributed by atoms with van der Waals surface area (Å²) in [6, 6.07) is 3.48. The first-order chi connectivity index (χ1) is 11.2. The lowest BCUT2D eigenvalue weighted by Crippen LogP contribution is -2.44. The normalized spacial score (nSPS) is 17.7. The van der Waals surface area contributed by atoms with Gasteiger partial charge in [-0.1, -0.05) is 20.8 Å². The Balaban J connectivity index is 1.77. The summed E-state index contributed by atoms with van der Waals surface area (Å²) in [5.74, 6) is -0.0278. The fraction of sp³-hybridized carbons (Fsp3) is 0.611. The van der Waals surface area contributed by atoms with Crippen molar-refractivity contribution in [1.29, 1.82) is 0 Å². The van der Waals surface area contributed by atoms with Crippen LogP contribution in [0, 0.1) is 12.3 Å². The van der Waals surface area contributed by atoms with Gasteiger partial charge in [0.2, 0.25) is 0 Å². The van der Waals surface area contributed by atoms with Gasteiger partial charge in [0.25, 0.3) is 5.91 Å². The molecule has 0 spiro atoms. The Kier molecular flexibility index (Phi) is 5.80. The molecule has 2 heterocycles. The Morgan fingerprint density at radius 1 is 1.33 bits per heavy atom. The van der Waals surface area contributed by atoms with Crippen LogP contribution in [0.15, 0.2) is 18.3 Å². The van der Waals surface area contributed by atoms with Gasteiger partial charge in [-0.05, 0) is 37.3 Å². The molecule has 0 aromatic carbocycles. The molecule has 132 valence electrons. The van der Waals surface area contributed by atoms with Gasteiger partial charge in [0, 0.05) is 37.6 Å². The topological polar surface area (TPSA) is 74.3 Å². The van der Waals surface area contributed by atoms with Crippen molar-refractivity contribution in [2.75, 3.05) is 19.6 Å². The lowest BCUT2D eigenvalue weighted by molar-refractivity contribution is 0.0789. The fourth-order valence-corrected chi connectivity index (χ4v) is 2.63. The van der Waals surface area contributed by atoms with Gasteiger partial charge < -0.3 is 15.5 Å². The Morgan fingerprint density at radius 2 is 2.08 bits per heavy atom. The van der Waals surface area contributed by atoms with Crippen LogP contribution in [0.25, 0.3) is 0 Å². The van der Waals surface area contributed by atoms with Crippen LogP contribution in [0.4, 0.5) is 4.79 Å². The summed E-state index contributed by atoms with van der Waals surface area (Å²) < 4.78 is 0. The number of pyridine rings is 1. The predicted octanol–water partition coefficient (Wildman–Crippen LogP) is 2.34. The molecule has 3 amide bonds. The van der Waals surface area contributed by atoms with Crippen LogP contribution in [0.3, 0.4) is 0 Å². The molecule has 1 fully saturated rings. The van der Waals surface area contributed by atoms with E-state index in [1.54, 1.807) is 17.2 Å². The van der Waals surface area contributed by atoms with E-state index in [0.29, 0.717) is 25.2 Å². The van der Waals surface area contributed by atoms with Crippen LogP contribution in [-0.2, 0) is 0 Å². The molecule has 1 aromatic rings. The van der Waals surface area contributed by atoms with Gasteiger partial charge in [0.15, 0.2) is 0 Å². The number of nitrogens with zero attached hydrogens (tertiary/aromatic N) is 2. The minimum atomic E-state index is -0.157. The van der Waals surface area contributed by atoms with E-state index in [2.05, 4.69) is 36.4 Å². The average Bonchev–Trinajstić information content (AvgIpc) is 2.94. The van der Waals surface area contributed by atoms with Crippen molar-refractivity contribution in [3.05, 3.63) is 29.6 Å². The van der Waals surface area contributed by atoms with E-state index >= 15 is 0 Å². The zero-order valence-corrected chi connectivity index (χ0v) is 15.1. The van der Waals surface area contributed by atoms with Crippen molar-refractivity contribution in [2.45, 2.75) is 46.6 Å². The lowest BCUT2D eigenvalue weighted by atomic mass is 9.92. The number of carbonyl (C=O) groups is 2. The van der Waals surface area contributed by atoms with E-state index in [0.717, 1.165) is 18.5 Å². The number of hydrogen-bond donors (Lipinski definition) is 2. The summed E-state index contributed by atoms with van der Waals surface area (Å²) >= 11 is 0. The second-order valence-electron chi connectivity index (χ2n) is 7.64. The molecular formula is C18H28N4O2. The summed E-state index contributed by atoms with van der Waals surface area (Å²) in [4.78, 5) is 30.3. The predicted molar refractivity (Wildman–Crippen MR) is 93.9 cm³/mol. The van der Waals surface area contributed by atoms with E-state index in [1.165, 1.54) is 0 Å². The second-order valence-corrected chi connectivity index (χ2v) is 7.64. The third kappa shape index (κ3) is 5.51. The molecule has 0 bridgehead atoms. The highest BCUT2D eigenvalue weighted by atomic mass is 16.2. The molecule has 1 aliphatic rings. The summed E-state index contributed by atoms with van der Waals surface area (Å²) in [6.45, 7) is 10.2. The minimum absolute atomic E-state index is 0.00185. The molecule has 1 saturated heterocycles. The van der Waals surface area contributed by atoms with Crippen molar-refractivity contribution >= 4 is 11.9 Å². The number of amides is 3. The Morgan fingerprint density at radius 3 is 2.71 bits per heavy atom. The maximum absolute atomic E-state index is 12.4. The number of urea groups is 1. The van der Waals surface area contributed by atoms with Crippen LogP contribution in [0.2, 0.25) is 0 Å². The third-order valence-electron chi connectivity index (χ3n) is 4.13. The molecule has 0 aliphatic carbocycles. The van der Waals surface area contributed by atoms with Crippen molar-refractivity contribution in [3.63, 3.8) is 0 Å². The summed E-state index contributed by atoms with van der Waals surface area (Å²) in [7, 11) is 0. The largest absolute Gasteiger partial charge is 0.338 e. The zero-order chi connectivity index (χ0) is 17.7. The molecule has 2 rings (SSSR count). The summed E-state index contributed by atoms with van der Waals surface area (Å²) in [5, 5.41) is 5.84. The smallest absolute Gasteiger partial charge is 0.315 e. The molecule has 1 aliphatic heterocycles. The number of rotatable bonds is 4. The van der Waals surface area contributed by atoms with Crippen LogP contribution in [0.5, 0.6) is 0 Å². The quantitative estimate of drug-likeness (QED) is 0.889. The number of nitrogens with one attached hydrogen (secondary N) is 2. The molecule has 2 N–H and O–H groups in total. The number of aromatic nitrogens is 1. The highest BCUT2D eigenvalue weighted by molar-refractivity contribution is 5.94. The molecule has 6 heteroatoms. The van der Waals surface area contributed by atoms with E-state index in [-0.39, 0.29) is 23.4 Å². The average molecular weight is 332 g/mol. The second kappa shape index (κ2) is 7.64. The number of carbonyl (C=O) groups excluding carboxylic acids is 2. The Bertz CT molecular complexity index is 578. The standard InChI is InChI=1S/C18H28N4O2/c1-13-5-6-14(11-20-13)16(23)22-10-7-15(12-22)21-17(24)19-9-8-18(2,3)4/h5-6,11,15H,7-10,12H2,1-4H3,(H2,19,21,24). The molecule has 6 nitrogen and oxygen atoms in total. The molecule has 0 saturated carbocycles. The maximum Gasteiger partial charge on any atom is 0.315 e. The highest BCUT2D eigenvalue weighted by Crippen LogP contribution is 2.17. The van der Waals surface area contributed by atoms with Crippen molar-refractivity contribution in [3.8, 4) is 0 Å². The maximum atomic E-state index is 12.4. The van der Waals surface area contributed by atoms with E-state index in [4.69, 9.17) is 0 Å². The highest BCUT2D eigenvalue weighted by Gasteiger charge is 2.28. The van der Waals surface area contributed by atoms with Crippen LogP contribution < -0.4 is 10.6 Å². The van der Waals surface area contributed by atoms with E-state index in [9.17, 15) is 9.59 Å². The zero-order valence-electron chi connectivity index (χ0n) is 15.1. The SMILES string of the molecule is Cc1ccc(C(=O)N2CCC(NC(=O)NCCC(C)(C)C)C2)cn1. The van der Waals surface area contributed by atoms with Crippen molar-refractivity contribution in [2.24, 2.45) is 5.41 Å². The first kappa shape index (κ1) is 18.2. The number of hydrogen-bond acceptors (Lipinski definition) is 3. The van der Waals surface area contributed by atoms with Gasteiger partial charge in [-0.15, -0.1) is 0 Å². The molecule has 1 aromatic heterocycles. The number of likely N-dealkylation sites (tertiary alicyclic amines) is 1. The Hall–Kier alpha value is -2.11. The van der Waals surface area contributed by atoms with Crippen molar-refractivity contribution < 1.29 is 9.59 Å². The first-order valence-corrected chi connectivity index (χ1v) is 8.51. The number of aryl methyl sites for hydroxylation is 1. The van der Waals surface area contributed by atoms with E-state index < -0.39 is 0 Å². The summed E-state index contributed by atoms with van der Waals surface area (Å²) in [5.41, 5.74) is 1.68. The van der Waals surface area contributed by atoms with Crippen LogP contribution in [-0.4, -0.2) is 47.5 Å². The van der Waals surface area contributed by atoms with Gasteiger partial charge in [-0.25, -0.2) is 4.79 Å². The van der Waals surface area contributed by atoms with Gasteiger partial charge >= 0.3 is 6.03 Å². The van der Waals surface area contributed by atoms with Gasteiger partial charge in [0.05, 0.1) is 5.56 Å². The van der Waals surface area contributed by atoms with Gasteiger partial charge in [-0.3, -0.25) is 9.78 Å². The lowest BCUT2D eigenvalue weighted by Gasteiger charge is -2.19. The fourth-order valence-electron chi connectivity index (χ4n) is 2.63. The molecule has 0 radical (unpaired) electrons. The van der Waals surface area contributed by atoms with Gasteiger partial charge in [-0.2, -0.15) is 0 Å². The third-order valence-corrected chi connectivity index (χ3v) is 4.13.